The number of halogens is 1. The first kappa shape index (κ1) is 19.7. The summed E-state index contributed by atoms with van der Waals surface area (Å²) in [7, 11) is 0. The number of carbonyl (C=O) groups is 3. The van der Waals surface area contributed by atoms with Gasteiger partial charge in [0.25, 0.3) is 5.91 Å². The van der Waals surface area contributed by atoms with Crippen molar-refractivity contribution in [3.63, 3.8) is 0 Å². The van der Waals surface area contributed by atoms with E-state index in [0.29, 0.717) is 28.9 Å². The van der Waals surface area contributed by atoms with Gasteiger partial charge in [0.1, 0.15) is 5.15 Å². The van der Waals surface area contributed by atoms with E-state index in [-0.39, 0.29) is 0 Å². The van der Waals surface area contributed by atoms with Gasteiger partial charge in [0, 0.05) is 18.2 Å². The van der Waals surface area contributed by atoms with Crippen molar-refractivity contribution in [2.24, 2.45) is 11.7 Å². The van der Waals surface area contributed by atoms with E-state index in [1.807, 2.05) is 19.2 Å². The molecule has 0 fully saturated rings. The maximum absolute atomic E-state index is 11.7. The molecule has 1 aromatic heterocycles. The Kier molecular flexibility index (Phi) is 6.97. The lowest BCUT2D eigenvalue weighted by Crippen LogP contribution is -2.42. The number of hydrogen-bond acceptors (Lipinski definition) is 5. The summed E-state index contributed by atoms with van der Waals surface area (Å²) in [6.07, 6.45) is 1.46. The van der Waals surface area contributed by atoms with Gasteiger partial charge in [0.15, 0.2) is 6.10 Å². The van der Waals surface area contributed by atoms with Crippen molar-refractivity contribution in [3.05, 3.63) is 22.5 Å². The second kappa shape index (κ2) is 8.49. The number of rotatable bonds is 6. The zero-order chi connectivity index (χ0) is 18.4. The van der Waals surface area contributed by atoms with Gasteiger partial charge in [-0.2, -0.15) is 5.10 Å². The average Bonchev–Trinajstić information content (AvgIpc) is 2.69. The molecule has 8 nitrogen and oxygen atoms in total. The zero-order valence-corrected chi connectivity index (χ0v) is 14.8. The van der Waals surface area contributed by atoms with E-state index in [9.17, 15) is 14.4 Å². The van der Waals surface area contributed by atoms with Crippen LogP contribution in [0.15, 0.2) is 6.08 Å². The first-order chi connectivity index (χ1) is 11.1. The van der Waals surface area contributed by atoms with E-state index in [4.69, 9.17) is 22.1 Å². The van der Waals surface area contributed by atoms with Crippen molar-refractivity contribution in [3.8, 4) is 0 Å². The molecule has 0 radical (unpaired) electrons. The van der Waals surface area contributed by atoms with Crippen LogP contribution >= 0.6 is 11.6 Å². The second-order valence-corrected chi connectivity index (χ2v) is 5.99. The number of amides is 3. The Morgan fingerprint density at radius 1 is 1.38 bits per heavy atom. The summed E-state index contributed by atoms with van der Waals surface area (Å²) in [5.41, 5.74) is 6.09. The molecule has 0 spiro atoms. The fourth-order valence-electron chi connectivity index (χ4n) is 1.86. The average molecular weight is 357 g/mol. The van der Waals surface area contributed by atoms with Crippen LogP contribution in [0.4, 0.5) is 4.79 Å². The number of nitrogens with zero attached hydrogens (tertiary/aromatic N) is 2. The molecule has 132 valence electrons. The zero-order valence-electron chi connectivity index (χ0n) is 14.0. The number of ether oxygens (including phenoxy) is 1. The molecule has 0 saturated carbocycles. The van der Waals surface area contributed by atoms with Crippen LogP contribution in [0, 0.1) is 12.8 Å². The molecule has 0 aliphatic carbocycles. The van der Waals surface area contributed by atoms with Gasteiger partial charge in [-0.1, -0.05) is 25.4 Å². The number of hydrogen-bond donors (Lipinski definition) is 2. The van der Waals surface area contributed by atoms with E-state index in [1.54, 1.807) is 11.6 Å². The van der Waals surface area contributed by atoms with Crippen LogP contribution < -0.4 is 11.1 Å². The van der Waals surface area contributed by atoms with E-state index in [0.717, 1.165) is 6.08 Å². The van der Waals surface area contributed by atoms with Gasteiger partial charge in [0.05, 0.1) is 5.69 Å². The van der Waals surface area contributed by atoms with Gasteiger partial charge in [-0.3, -0.25) is 14.8 Å². The number of nitrogens with two attached hydrogens (primary N) is 1. The van der Waals surface area contributed by atoms with E-state index >= 15 is 0 Å². The molecule has 9 heteroatoms. The van der Waals surface area contributed by atoms with Gasteiger partial charge >= 0.3 is 12.0 Å². The number of primary amides is 1. The Labute approximate surface area is 145 Å². The van der Waals surface area contributed by atoms with Crippen molar-refractivity contribution in [2.45, 2.75) is 40.3 Å². The summed E-state index contributed by atoms with van der Waals surface area (Å²) in [5.74, 6) is -1.19. The molecule has 3 amide bonds. The quantitative estimate of drug-likeness (QED) is 0.593. The molecule has 0 unspecified atom stereocenters. The highest BCUT2D eigenvalue weighted by Gasteiger charge is 2.18. The normalized spacial score (nSPS) is 12.4. The first-order valence-corrected chi connectivity index (χ1v) is 7.71. The summed E-state index contributed by atoms with van der Waals surface area (Å²) in [6.45, 7) is 7.83. The van der Waals surface area contributed by atoms with Crippen molar-refractivity contribution >= 4 is 35.6 Å². The van der Waals surface area contributed by atoms with Crippen molar-refractivity contribution in [1.29, 1.82) is 0 Å². The van der Waals surface area contributed by atoms with Crippen LogP contribution in [-0.2, 0) is 20.9 Å². The maximum atomic E-state index is 11.7. The molecular weight excluding hydrogens is 336 g/mol. The minimum absolute atomic E-state index is 0.369. The number of urea groups is 1. The number of aromatic nitrogens is 2. The van der Waals surface area contributed by atoms with Gasteiger partial charge in [-0.15, -0.1) is 0 Å². The summed E-state index contributed by atoms with van der Waals surface area (Å²) < 4.78 is 6.53. The van der Waals surface area contributed by atoms with E-state index < -0.39 is 24.0 Å². The van der Waals surface area contributed by atoms with Crippen molar-refractivity contribution in [1.82, 2.24) is 15.1 Å². The molecule has 1 rings (SSSR count). The number of aryl methyl sites for hydroxylation is 1. The number of esters is 1. The van der Waals surface area contributed by atoms with Crippen LogP contribution in [-0.4, -0.2) is 33.8 Å². The molecular formula is C15H21ClN4O4. The van der Waals surface area contributed by atoms with Crippen LogP contribution in [0.25, 0.3) is 6.08 Å². The second-order valence-electron chi connectivity index (χ2n) is 5.63. The van der Waals surface area contributed by atoms with E-state index in [2.05, 4.69) is 5.10 Å². The largest absolute Gasteiger partial charge is 0.449 e. The fourth-order valence-corrected chi connectivity index (χ4v) is 2.17. The third-order valence-electron chi connectivity index (χ3n) is 2.94. The topological polar surface area (TPSA) is 116 Å². The standard InChI is InChI=1S/C15H21ClN4O4/c1-8(2)7-20-13(16)11(9(3)19-20)5-6-12(21)24-10(4)14(22)18-15(17)23/h5-6,8,10H,7H2,1-4H3,(H3,17,18,22,23)/b6-5+/t10-/m0/s1. The molecule has 3 N–H and O–H groups in total. The fraction of sp³-hybridized carbons (Fsp3) is 0.467. The molecule has 0 aliphatic heterocycles. The highest BCUT2D eigenvalue weighted by atomic mass is 35.5. The minimum Gasteiger partial charge on any atom is -0.449 e. The minimum atomic E-state index is -1.16. The predicted molar refractivity (Wildman–Crippen MR) is 89.1 cm³/mol. The molecule has 1 heterocycles. The molecule has 0 saturated heterocycles. The van der Waals surface area contributed by atoms with Crippen LogP contribution in [0.1, 0.15) is 32.0 Å². The van der Waals surface area contributed by atoms with Gasteiger partial charge in [0.2, 0.25) is 0 Å². The lowest BCUT2D eigenvalue weighted by atomic mass is 10.2. The molecule has 0 aliphatic rings. The highest BCUT2D eigenvalue weighted by molar-refractivity contribution is 6.31. The Hall–Kier alpha value is -2.35. The summed E-state index contributed by atoms with van der Waals surface area (Å²) in [6, 6.07) is -1.02. The number of carbonyl (C=O) groups excluding carboxylic acids is 3. The molecule has 24 heavy (non-hydrogen) atoms. The number of imide groups is 1. The Morgan fingerprint density at radius 2 is 2.00 bits per heavy atom. The maximum Gasteiger partial charge on any atom is 0.331 e. The molecule has 0 bridgehead atoms. The van der Waals surface area contributed by atoms with Crippen molar-refractivity contribution in [2.75, 3.05) is 0 Å². The number of nitrogens with one attached hydrogen (secondary N) is 1. The first-order valence-electron chi connectivity index (χ1n) is 7.33. The van der Waals surface area contributed by atoms with Crippen LogP contribution in [0.2, 0.25) is 5.15 Å². The van der Waals surface area contributed by atoms with Gasteiger partial charge in [-0.05, 0) is 25.8 Å². The SMILES string of the molecule is Cc1nn(CC(C)C)c(Cl)c1/C=C/C(=O)O[C@@H](C)C(=O)NC(N)=O. The Morgan fingerprint density at radius 3 is 2.54 bits per heavy atom. The monoisotopic (exact) mass is 356 g/mol. The van der Waals surface area contributed by atoms with Crippen LogP contribution in [0.3, 0.4) is 0 Å². The summed E-state index contributed by atoms with van der Waals surface area (Å²) in [4.78, 5) is 33.8. The van der Waals surface area contributed by atoms with Gasteiger partial charge < -0.3 is 10.5 Å². The molecule has 1 atom stereocenters. The lowest BCUT2D eigenvalue weighted by Gasteiger charge is -2.10. The van der Waals surface area contributed by atoms with E-state index in [1.165, 1.54) is 13.0 Å². The molecule has 0 aromatic carbocycles. The Balaban J connectivity index is 2.75. The van der Waals surface area contributed by atoms with Crippen molar-refractivity contribution < 1.29 is 19.1 Å². The lowest BCUT2D eigenvalue weighted by molar-refractivity contribution is -0.149. The third-order valence-corrected chi connectivity index (χ3v) is 3.34. The summed E-state index contributed by atoms with van der Waals surface area (Å²) >= 11 is 6.25. The highest BCUT2D eigenvalue weighted by Crippen LogP contribution is 2.22. The molecule has 1 aromatic rings. The van der Waals surface area contributed by atoms with Crippen LogP contribution in [0.5, 0.6) is 0 Å². The Bertz CT molecular complexity index is 667. The third kappa shape index (κ3) is 5.69. The summed E-state index contributed by atoms with van der Waals surface area (Å²) in [5, 5.41) is 6.56. The predicted octanol–water partition coefficient (Wildman–Crippen LogP) is 1.64. The van der Waals surface area contributed by atoms with Gasteiger partial charge in [-0.25, -0.2) is 9.59 Å². The smallest absolute Gasteiger partial charge is 0.331 e.